The lowest BCUT2D eigenvalue weighted by Crippen LogP contribution is -2.23. The maximum Gasteiger partial charge on any atom is 0.263 e. The second kappa shape index (κ2) is 8.17. The van der Waals surface area contributed by atoms with E-state index in [1.165, 1.54) is 21.6 Å². The van der Waals surface area contributed by atoms with Gasteiger partial charge in [0.25, 0.3) is 5.56 Å². The van der Waals surface area contributed by atoms with Crippen molar-refractivity contribution in [3.8, 4) is 10.4 Å². The lowest BCUT2D eigenvalue weighted by Gasteiger charge is -2.16. The standard InChI is InChI=1S/C24H19BrN2OS2/c1-2-13-27-23(28)20-19-12-9-16-5-3-4-6-18(16)21(19)30-22(20)26-24(27)29-14-15-7-10-17(25)11-8-15/h2-8,10-11H,1,9,12-14H2. The van der Waals surface area contributed by atoms with E-state index in [-0.39, 0.29) is 5.56 Å². The maximum absolute atomic E-state index is 13.5. The van der Waals surface area contributed by atoms with Gasteiger partial charge in [-0.25, -0.2) is 4.98 Å². The number of benzene rings is 2. The van der Waals surface area contributed by atoms with E-state index < -0.39 is 0 Å². The van der Waals surface area contributed by atoms with Crippen LogP contribution < -0.4 is 5.56 Å². The minimum absolute atomic E-state index is 0.0510. The fourth-order valence-electron chi connectivity index (χ4n) is 3.92. The summed E-state index contributed by atoms with van der Waals surface area (Å²) >= 11 is 6.73. The molecule has 1 aliphatic carbocycles. The van der Waals surface area contributed by atoms with Crippen LogP contribution in [0.25, 0.3) is 20.7 Å². The Kier molecular flexibility index (Phi) is 5.39. The monoisotopic (exact) mass is 494 g/mol. The summed E-state index contributed by atoms with van der Waals surface area (Å²) in [5.41, 5.74) is 5.01. The van der Waals surface area contributed by atoms with Crippen LogP contribution in [0.15, 0.2) is 75.6 Å². The van der Waals surface area contributed by atoms with Gasteiger partial charge in [0.15, 0.2) is 5.16 Å². The van der Waals surface area contributed by atoms with E-state index in [1.54, 1.807) is 33.7 Å². The van der Waals surface area contributed by atoms with Crippen LogP contribution >= 0.6 is 39.0 Å². The molecule has 6 heteroatoms. The summed E-state index contributed by atoms with van der Waals surface area (Å²) < 4.78 is 2.83. The highest BCUT2D eigenvalue weighted by molar-refractivity contribution is 9.10. The van der Waals surface area contributed by atoms with Crippen molar-refractivity contribution < 1.29 is 0 Å². The summed E-state index contributed by atoms with van der Waals surface area (Å²) in [5.74, 6) is 0.760. The molecule has 0 bridgehead atoms. The van der Waals surface area contributed by atoms with Crippen LogP contribution in [0.5, 0.6) is 0 Å². The van der Waals surface area contributed by atoms with Crippen molar-refractivity contribution in [2.75, 3.05) is 0 Å². The first kappa shape index (κ1) is 19.8. The molecule has 150 valence electrons. The van der Waals surface area contributed by atoms with E-state index in [0.717, 1.165) is 44.0 Å². The highest BCUT2D eigenvalue weighted by Crippen LogP contribution is 2.42. The Morgan fingerprint density at radius 1 is 1.17 bits per heavy atom. The van der Waals surface area contributed by atoms with Crippen molar-refractivity contribution in [1.82, 2.24) is 9.55 Å². The van der Waals surface area contributed by atoms with Gasteiger partial charge in [0.2, 0.25) is 0 Å². The second-order valence-electron chi connectivity index (χ2n) is 7.26. The first-order valence-electron chi connectivity index (χ1n) is 9.78. The molecule has 0 radical (unpaired) electrons. The molecule has 0 fully saturated rings. The fraction of sp³-hybridized carbons (Fsp3) is 0.167. The first-order chi connectivity index (χ1) is 14.7. The number of aromatic nitrogens is 2. The predicted octanol–water partition coefficient (Wildman–Crippen LogP) is 6.46. The molecule has 0 amide bonds. The second-order valence-corrected chi connectivity index (χ2v) is 10.1. The third-order valence-electron chi connectivity index (χ3n) is 5.37. The van der Waals surface area contributed by atoms with E-state index in [1.807, 2.05) is 12.1 Å². The zero-order valence-corrected chi connectivity index (χ0v) is 19.4. The van der Waals surface area contributed by atoms with Gasteiger partial charge in [0, 0.05) is 21.6 Å². The Labute approximate surface area is 191 Å². The minimum Gasteiger partial charge on any atom is -0.283 e. The van der Waals surface area contributed by atoms with Crippen molar-refractivity contribution in [2.24, 2.45) is 0 Å². The van der Waals surface area contributed by atoms with Crippen LogP contribution in [0, 0.1) is 0 Å². The molecule has 0 spiro atoms. The number of hydrogen-bond donors (Lipinski definition) is 0. The van der Waals surface area contributed by atoms with Crippen LogP contribution in [0.3, 0.4) is 0 Å². The molecular weight excluding hydrogens is 476 g/mol. The van der Waals surface area contributed by atoms with Gasteiger partial charge in [0.1, 0.15) is 4.83 Å². The highest BCUT2D eigenvalue weighted by Gasteiger charge is 2.25. The molecule has 1 aliphatic rings. The van der Waals surface area contributed by atoms with Gasteiger partial charge in [-0.1, -0.05) is 70.2 Å². The van der Waals surface area contributed by atoms with Crippen molar-refractivity contribution in [2.45, 2.75) is 30.3 Å². The first-order valence-corrected chi connectivity index (χ1v) is 12.4. The number of rotatable bonds is 5. The third-order valence-corrected chi connectivity index (χ3v) is 8.11. The Hall–Kier alpha value is -2.15. The smallest absolute Gasteiger partial charge is 0.263 e. The Balaban J connectivity index is 1.61. The summed E-state index contributed by atoms with van der Waals surface area (Å²) in [6.45, 7) is 4.32. The molecule has 0 saturated carbocycles. The van der Waals surface area contributed by atoms with Crippen LogP contribution in [0.1, 0.15) is 16.7 Å². The Morgan fingerprint density at radius 2 is 1.97 bits per heavy atom. The van der Waals surface area contributed by atoms with E-state index in [0.29, 0.717) is 6.54 Å². The zero-order valence-electron chi connectivity index (χ0n) is 16.2. The molecule has 0 atom stereocenters. The summed E-state index contributed by atoms with van der Waals surface area (Å²) in [7, 11) is 0. The SMILES string of the molecule is C=CCn1c(SCc2ccc(Br)cc2)nc2sc3c(c2c1=O)CCc1ccccc1-3. The molecule has 5 rings (SSSR count). The Morgan fingerprint density at radius 3 is 2.77 bits per heavy atom. The lowest BCUT2D eigenvalue weighted by atomic mass is 9.90. The van der Waals surface area contributed by atoms with Gasteiger partial charge in [0.05, 0.1) is 5.39 Å². The molecule has 0 N–H and O–H groups in total. The summed E-state index contributed by atoms with van der Waals surface area (Å²) in [4.78, 5) is 20.5. The maximum atomic E-state index is 13.5. The van der Waals surface area contributed by atoms with Gasteiger partial charge in [-0.3, -0.25) is 9.36 Å². The minimum atomic E-state index is 0.0510. The summed E-state index contributed by atoms with van der Waals surface area (Å²) in [6.07, 6.45) is 3.63. The number of aryl methyl sites for hydroxylation is 2. The average molecular weight is 495 g/mol. The number of halogens is 1. The quantitative estimate of drug-likeness (QED) is 0.181. The molecule has 0 aliphatic heterocycles. The Bertz CT molecular complexity index is 1320. The van der Waals surface area contributed by atoms with Crippen LogP contribution in [0.4, 0.5) is 0 Å². The molecule has 4 aromatic rings. The third kappa shape index (κ3) is 3.47. The average Bonchev–Trinajstić information content (AvgIpc) is 3.15. The van der Waals surface area contributed by atoms with Gasteiger partial charge in [-0.15, -0.1) is 17.9 Å². The number of fused-ring (bicyclic) bond motifs is 5. The number of hydrogen-bond acceptors (Lipinski definition) is 4. The molecule has 3 nitrogen and oxygen atoms in total. The van der Waals surface area contributed by atoms with E-state index >= 15 is 0 Å². The predicted molar refractivity (Wildman–Crippen MR) is 131 cm³/mol. The van der Waals surface area contributed by atoms with Crippen LogP contribution in [-0.4, -0.2) is 9.55 Å². The molecule has 0 saturated heterocycles. The van der Waals surface area contributed by atoms with Gasteiger partial charge < -0.3 is 0 Å². The number of thioether (sulfide) groups is 1. The number of thiophene rings is 1. The highest BCUT2D eigenvalue weighted by atomic mass is 79.9. The number of allylic oxidation sites excluding steroid dienone is 1. The topological polar surface area (TPSA) is 34.9 Å². The molecule has 2 aromatic heterocycles. The zero-order chi connectivity index (χ0) is 20.7. The van der Waals surface area contributed by atoms with Crippen molar-refractivity contribution in [1.29, 1.82) is 0 Å². The normalized spacial score (nSPS) is 12.6. The molecule has 2 heterocycles. The molecule has 30 heavy (non-hydrogen) atoms. The van der Waals surface area contributed by atoms with E-state index in [2.05, 4.69) is 58.9 Å². The summed E-state index contributed by atoms with van der Waals surface area (Å²) in [6, 6.07) is 16.8. The fourth-order valence-corrected chi connectivity index (χ4v) is 6.48. The summed E-state index contributed by atoms with van der Waals surface area (Å²) in [5, 5.41) is 1.54. The van der Waals surface area contributed by atoms with Gasteiger partial charge in [-0.05, 0) is 47.2 Å². The van der Waals surface area contributed by atoms with Gasteiger partial charge in [-0.2, -0.15) is 0 Å². The van der Waals surface area contributed by atoms with Gasteiger partial charge >= 0.3 is 0 Å². The molecule has 2 aromatic carbocycles. The lowest BCUT2D eigenvalue weighted by molar-refractivity contribution is 0.672. The van der Waals surface area contributed by atoms with Crippen molar-refractivity contribution >= 4 is 49.2 Å². The van der Waals surface area contributed by atoms with E-state index in [4.69, 9.17) is 4.98 Å². The molecular formula is C24H19BrN2OS2. The largest absolute Gasteiger partial charge is 0.283 e. The van der Waals surface area contributed by atoms with E-state index in [9.17, 15) is 4.79 Å². The van der Waals surface area contributed by atoms with Crippen molar-refractivity contribution in [3.05, 3.63) is 92.7 Å². The number of nitrogens with zero attached hydrogens (tertiary/aromatic N) is 2. The molecule has 0 unspecified atom stereocenters. The van der Waals surface area contributed by atoms with Crippen LogP contribution in [-0.2, 0) is 25.1 Å². The van der Waals surface area contributed by atoms with Crippen LogP contribution in [0.2, 0.25) is 0 Å². The van der Waals surface area contributed by atoms with Crippen molar-refractivity contribution in [3.63, 3.8) is 0 Å².